The summed E-state index contributed by atoms with van der Waals surface area (Å²) in [5.41, 5.74) is 2.73. The molecule has 0 radical (unpaired) electrons. The number of benzene rings is 1. The summed E-state index contributed by atoms with van der Waals surface area (Å²) in [6.07, 6.45) is 0. The zero-order valence-electron chi connectivity index (χ0n) is 5.37. The van der Waals surface area contributed by atoms with Gasteiger partial charge in [-0.1, -0.05) is 15.9 Å². The molecule has 0 heterocycles. The first kappa shape index (κ1) is 8.77. The summed E-state index contributed by atoms with van der Waals surface area (Å²) < 4.78 is 13.5. The quantitative estimate of drug-likeness (QED) is 0.612. The van der Waals surface area contributed by atoms with E-state index in [1.807, 2.05) is 0 Å². The summed E-state index contributed by atoms with van der Waals surface area (Å²) in [6, 6.07) is 4.62. The summed E-state index contributed by atoms with van der Waals surface area (Å²) in [4.78, 5) is 2.11. The van der Waals surface area contributed by atoms with Crippen LogP contribution in [0.25, 0.3) is 0 Å². The van der Waals surface area contributed by atoms with E-state index in [1.54, 1.807) is 12.1 Å². The third-order valence-electron chi connectivity index (χ3n) is 1.11. The third kappa shape index (κ3) is 2.32. The molecule has 0 atom stereocenters. The Kier molecular flexibility index (Phi) is 3.11. The van der Waals surface area contributed by atoms with Crippen LogP contribution in [0.2, 0.25) is 0 Å². The van der Waals surface area contributed by atoms with Gasteiger partial charge in [0.1, 0.15) is 5.82 Å². The van der Waals surface area contributed by atoms with Crippen molar-refractivity contribution < 1.29 is 4.39 Å². The zero-order chi connectivity index (χ0) is 8.27. The highest BCUT2D eigenvalue weighted by molar-refractivity contribution is 9.10. The molecule has 5 heteroatoms. The van der Waals surface area contributed by atoms with E-state index < -0.39 is 0 Å². The van der Waals surface area contributed by atoms with Gasteiger partial charge >= 0.3 is 0 Å². The average Bonchev–Trinajstić information content (AvgIpc) is 1.95. The fourth-order valence-electron chi connectivity index (χ4n) is 0.642. The van der Waals surface area contributed by atoms with Gasteiger partial charge in [0.25, 0.3) is 0 Å². The molecule has 0 saturated carbocycles. The molecule has 1 rings (SSSR count). The van der Waals surface area contributed by atoms with Crippen molar-refractivity contribution in [2.75, 3.05) is 5.43 Å². The molecule has 0 saturated heterocycles. The summed E-state index contributed by atoms with van der Waals surface area (Å²) in [5.74, 6) is -0.368. The van der Waals surface area contributed by atoms with Crippen LogP contribution in [0.15, 0.2) is 22.7 Å². The smallest absolute Gasteiger partial charge is 0.148 e. The molecule has 0 fully saturated rings. The number of hydrazine groups is 1. The molecule has 0 aromatic heterocycles. The topological polar surface area (TPSA) is 24.1 Å². The lowest BCUT2D eigenvalue weighted by Crippen LogP contribution is -2.09. The van der Waals surface area contributed by atoms with Crippen LogP contribution < -0.4 is 10.4 Å². The second-order valence-electron chi connectivity index (χ2n) is 1.84. The van der Waals surface area contributed by atoms with E-state index >= 15 is 0 Å². The SMILES string of the molecule is Fc1cc(Br)ccc1NNCl. The Morgan fingerprint density at radius 3 is 2.73 bits per heavy atom. The number of nitrogens with one attached hydrogen (secondary N) is 2. The van der Waals surface area contributed by atoms with Crippen LogP contribution in [-0.4, -0.2) is 0 Å². The van der Waals surface area contributed by atoms with E-state index in [4.69, 9.17) is 11.8 Å². The molecule has 0 bridgehead atoms. The van der Waals surface area contributed by atoms with E-state index in [1.165, 1.54) is 6.07 Å². The number of rotatable bonds is 2. The normalized spacial score (nSPS) is 9.73. The van der Waals surface area contributed by atoms with Crippen molar-refractivity contribution in [2.24, 2.45) is 0 Å². The minimum atomic E-state index is -0.368. The lowest BCUT2D eigenvalue weighted by atomic mass is 10.3. The molecule has 2 N–H and O–H groups in total. The lowest BCUT2D eigenvalue weighted by Gasteiger charge is -2.03. The number of halogens is 3. The highest BCUT2D eigenvalue weighted by atomic mass is 79.9. The average molecular weight is 239 g/mol. The van der Waals surface area contributed by atoms with Crippen LogP contribution in [0, 0.1) is 5.82 Å². The van der Waals surface area contributed by atoms with Gasteiger partial charge in [-0.05, 0) is 30.0 Å². The van der Waals surface area contributed by atoms with Crippen molar-refractivity contribution in [1.82, 2.24) is 4.94 Å². The van der Waals surface area contributed by atoms with E-state index in [0.717, 1.165) is 0 Å². The molecule has 11 heavy (non-hydrogen) atoms. The van der Waals surface area contributed by atoms with Crippen LogP contribution in [0.1, 0.15) is 0 Å². The predicted molar refractivity (Wildman–Crippen MR) is 46.7 cm³/mol. The zero-order valence-corrected chi connectivity index (χ0v) is 7.71. The first-order chi connectivity index (χ1) is 5.24. The molecule has 0 spiro atoms. The van der Waals surface area contributed by atoms with E-state index in [0.29, 0.717) is 10.2 Å². The van der Waals surface area contributed by atoms with Gasteiger partial charge in [0.2, 0.25) is 0 Å². The van der Waals surface area contributed by atoms with E-state index in [9.17, 15) is 4.39 Å². The van der Waals surface area contributed by atoms with Crippen LogP contribution in [-0.2, 0) is 0 Å². The highest BCUT2D eigenvalue weighted by Crippen LogP contribution is 2.18. The standard InChI is InChI=1S/C6H5BrClFN2/c7-4-1-2-6(10-11-8)5(9)3-4/h1-3,10-11H. The third-order valence-corrected chi connectivity index (χ3v) is 1.70. The molecule has 0 aliphatic carbocycles. The maximum absolute atomic E-state index is 12.8. The molecule has 1 aromatic carbocycles. The fourth-order valence-corrected chi connectivity index (χ4v) is 1.08. The van der Waals surface area contributed by atoms with Gasteiger partial charge in [-0.15, -0.1) is 4.94 Å². The molecule has 60 valence electrons. The van der Waals surface area contributed by atoms with Crippen LogP contribution >= 0.6 is 27.7 Å². The van der Waals surface area contributed by atoms with Crippen molar-refractivity contribution in [3.8, 4) is 0 Å². The van der Waals surface area contributed by atoms with Crippen molar-refractivity contribution in [1.29, 1.82) is 0 Å². The second kappa shape index (κ2) is 3.90. The van der Waals surface area contributed by atoms with Gasteiger partial charge in [-0.3, -0.25) is 0 Å². The van der Waals surface area contributed by atoms with Gasteiger partial charge in [0, 0.05) is 4.47 Å². The summed E-state index contributed by atoms with van der Waals surface area (Å²) in [6.45, 7) is 0. The Bertz CT molecular complexity index is 256. The molecule has 0 aliphatic rings. The molecular weight excluding hydrogens is 234 g/mol. The minimum Gasteiger partial charge on any atom is -0.305 e. The maximum Gasteiger partial charge on any atom is 0.148 e. The van der Waals surface area contributed by atoms with Crippen molar-refractivity contribution in [3.05, 3.63) is 28.5 Å². The minimum absolute atomic E-state index is 0.309. The van der Waals surface area contributed by atoms with Gasteiger partial charge in [-0.25, -0.2) is 4.39 Å². The van der Waals surface area contributed by atoms with Crippen LogP contribution in [0.4, 0.5) is 10.1 Å². The lowest BCUT2D eigenvalue weighted by molar-refractivity contribution is 0.629. The van der Waals surface area contributed by atoms with Crippen molar-refractivity contribution in [2.45, 2.75) is 0 Å². The van der Waals surface area contributed by atoms with Gasteiger partial charge in [0.15, 0.2) is 0 Å². The highest BCUT2D eigenvalue weighted by Gasteiger charge is 1.99. The number of anilines is 1. The Morgan fingerprint density at radius 2 is 2.18 bits per heavy atom. The first-order valence-corrected chi connectivity index (χ1v) is 3.98. The predicted octanol–water partition coefficient (Wildman–Crippen LogP) is 2.66. The molecular formula is C6H5BrClFN2. The van der Waals surface area contributed by atoms with Crippen molar-refractivity contribution >= 4 is 33.4 Å². The Morgan fingerprint density at radius 1 is 1.45 bits per heavy atom. The summed E-state index contributed by atoms with van der Waals surface area (Å²) in [5, 5.41) is 0. The Balaban J connectivity index is 2.90. The number of hydrogen-bond donors (Lipinski definition) is 2. The largest absolute Gasteiger partial charge is 0.305 e. The van der Waals surface area contributed by atoms with Crippen molar-refractivity contribution in [3.63, 3.8) is 0 Å². The second-order valence-corrected chi connectivity index (χ2v) is 2.95. The van der Waals surface area contributed by atoms with Crippen LogP contribution in [0.3, 0.4) is 0 Å². The molecule has 0 aliphatic heterocycles. The van der Waals surface area contributed by atoms with E-state index in [-0.39, 0.29) is 5.82 Å². The van der Waals surface area contributed by atoms with Crippen LogP contribution in [0.5, 0.6) is 0 Å². The maximum atomic E-state index is 12.8. The fraction of sp³-hybridized carbons (Fsp3) is 0. The van der Waals surface area contributed by atoms with Gasteiger partial charge < -0.3 is 5.43 Å². The van der Waals surface area contributed by atoms with Gasteiger partial charge in [0.05, 0.1) is 5.69 Å². The first-order valence-electron chi connectivity index (χ1n) is 2.80. The van der Waals surface area contributed by atoms with E-state index in [2.05, 4.69) is 26.3 Å². The van der Waals surface area contributed by atoms with Gasteiger partial charge in [-0.2, -0.15) is 0 Å². The molecule has 0 amide bonds. The number of hydrogen-bond acceptors (Lipinski definition) is 2. The molecule has 2 nitrogen and oxygen atoms in total. The molecule has 0 unspecified atom stereocenters. The Labute approximate surface area is 76.9 Å². The summed E-state index contributed by atoms with van der Waals surface area (Å²) in [7, 11) is 0. The molecule has 1 aromatic rings. The Hall–Kier alpha value is -0.320. The summed E-state index contributed by atoms with van der Waals surface area (Å²) >= 11 is 8.23. The monoisotopic (exact) mass is 238 g/mol.